The third-order valence-corrected chi connectivity index (χ3v) is 1.66. The Morgan fingerprint density at radius 3 is 2.50 bits per heavy atom. The van der Waals surface area contributed by atoms with Crippen molar-refractivity contribution in [2.75, 3.05) is 6.61 Å². The van der Waals surface area contributed by atoms with Gasteiger partial charge in [-0.3, -0.25) is 0 Å². The van der Waals surface area contributed by atoms with Crippen molar-refractivity contribution in [1.82, 2.24) is 0 Å². The topological polar surface area (TPSA) is 29.5 Å². The van der Waals surface area contributed by atoms with Gasteiger partial charge in [-0.05, 0) is 26.0 Å². The first-order valence-corrected chi connectivity index (χ1v) is 4.19. The summed E-state index contributed by atoms with van der Waals surface area (Å²) in [5.74, 6) is -1.49. The summed E-state index contributed by atoms with van der Waals surface area (Å²) in [6.45, 7) is 2.97. The molecule has 1 aromatic rings. The summed E-state index contributed by atoms with van der Waals surface area (Å²) >= 11 is 0. The van der Waals surface area contributed by atoms with Crippen molar-refractivity contribution in [2.24, 2.45) is 0 Å². The predicted octanol–water partition coefficient (Wildman–Crippen LogP) is 2.11. The standard InChI is InChI=1S/C10H12F2O2/c1-10(2,6-13)14-9-4-3-7(11)5-8(9)12/h3-5,13H,6H2,1-2H3. The minimum atomic E-state index is -0.876. The number of halogens is 2. The molecule has 0 aliphatic heterocycles. The normalized spacial score (nSPS) is 11.5. The van der Waals surface area contributed by atoms with Gasteiger partial charge < -0.3 is 9.84 Å². The summed E-state index contributed by atoms with van der Waals surface area (Å²) < 4.78 is 30.7. The lowest BCUT2D eigenvalue weighted by atomic mass is 10.1. The van der Waals surface area contributed by atoms with Crippen LogP contribution in [0.5, 0.6) is 5.75 Å². The second-order valence-electron chi connectivity index (χ2n) is 3.59. The molecule has 1 aromatic carbocycles. The average molecular weight is 202 g/mol. The number of aliphatic hydroxyl groups is 1. The molecule has 0 amide bonds. The Balaban J connectivity index is 2.87. The number of ether oxygens (including phenoxy) is 1. The molecule has 2 nitrogen and oxygen atoms in total. The van der Waals surface area contributed by atoms with E-state index in [2.05, 4.69) is 0 Å². The fourth-order valence-electron chi connectivity index (χ4n) is 0.888. The Morgan fingerprint density at radius 2 is 2.00 bits per heavy atom. The zero-order chi connectivity index (χ0) is 10.8. The first-order chi connectivity index (χ1) is 6.44. The Labute approximate surface area is 81.1 Å². The third-order valence-electron chi connectivity index (χ3n) is 1.66. The molecule has 78 valence electrons. The van der Waals surface area contributed by atoms with E-state index in [0.717, 1.165) is 12.1 Å². The third kappa shape index (κ3) is 2.67. The van der Waals surface area contributed by atoms with Gasteiger partial charge in [-0.2, -0.15) is 0 Å². The van der Waals surface area contributed by atoms with Crippen molar-refractivity contribution in [3.05, 3.63) is 29.8 Å². The Bertz CT molecular complexity index is 324. The van der Waals surface area contributed by atoms with Crippen molar-refractivity contribution >= 4 is 0 Å². The molecule has 4 heteroatoms. The lowest BCUT2D eigenvalue weighted by Gasteiger charge is -2.24. The Hall–Kier alpha value is -1.16. The number of hydrogen-bond acceptors (Lipinski definition) is 2. The summed E-state index contributed by atoms with van der Waals surface area (Å²) in [7, 11) is 0. The van der Waals surface area contributed by atoms with Gasteiger partial charge in [0, 0.05) is 6.07 Å². The van der Waals surface area contributed by atoms with E-state index in [-0.39, 0.29) is 12.4 Å². The molecule has 0 spiro atoms. The maximum Gasteiger partial charge on any atom is 0.168 e. The van der Waals surface area contributed by atoms with Crippen LogP contribution >= 0.6 is 0 Å². The van der Waals surface area contributed by atoms with E-state index in [1.54, 1.807) is 13.8 Å². The van der Waals surface area contributed by atoms with Gasteiger partial charge in [0.25, 0.3) is 0 Å². The van der Waals surface area contributed by atoms with E-state index >= 15 is 0 Å². The van der Waals surface area contributed by atoms with Crippen molar-refractivity contribution in [2.45, 2.75) is 19.4 Å². The zero-order valence-corrected chi connectivity index (χ0v) is 8.05. The van der Waals surface area contributed by atoms with Crippen LogP contribution in [0.3, 0.4) is 0 Å². The molecule has 0 radical (unpaired) electrons. The highest BCUT2D eigenvalue weighted by Crippen LogP contribution is 2.22. The SMILES string of the molecule is CC(C)(CO)Oc1ccc(F)cc1F. The Kier molecular flexibility index (Phi) is 3.06. The zero-order valence-electron chi connectivity index (χ0n) is 8.05. The first kappa shape index (κ1) is 10.9. The van der Waals surface area contributed by atoms with E-state index < -0.39 is 17.2 Å². The highest BCUT2D eigenvalue weighted by molar-refractivity contribution is 5.25. The van der Waals surface area contributed by atoms with Gasteiger partial charge in [0.15, 0.2) is 11.6 Å². The maximum atomic E-state index is 13.1. The molecule has 0 saturated heterocycles. The summed E-state index contributed by atoms with van der Waals surface area (Å²) in [4.78, 5) is 0. The molecule has 0 fully saturated rings. The van der Waals surface area contributed by atoms with Crippen LogP contribution in [0.2, 0.25) is 0 Å². The van der Waals surface area contributed by atoms with E-state index in [1.165, 1.54) is 6.07 Å². The molecule has 1 N–H and O–H groups in total. The van der Waals surface area contributed by atoms with E-state index in [9.17, 15) is 8.78 Å². The van der Waals surface area contributed by atoms with E-state index in [4.69, 9.17) is 9.84 Å². The van der Waals surface area contributed by atoms with Gasteiger partial charge in [0.2, 0.25) is 0 Å². The fraction of sp³-hybridized carbons (Fsp3) is 0.400. The molecular formula is C10H12F2O2. The molecule has 0 aliphatic rings. The minimum Gasteiger partial charge on any atom is -0.482 e. The molecule has 1 rings (SSSR count). The van der Waals surface area contributed by atoms with Crippen molar-refractivity contribution in [3.8, 4) is 5.75 Å². The van der Waals surface area contributed by atoms with E-state index in [0.29, 0.717) is 0 Å². The number of rotatable bonds is 3. The highest BCUT2D eigenvalue weighted by Gasteiger charge is 2.20. The molecule has 0 aromatic heterocycles. The van der Waals surface area contributed by atoms with Gasteiger partial charge >= 0.3 is 0 Å². The van der Waals surface area contributed by atoms with Gasteiger partial charge in [-0.25, -0.2) is 8.78 Å². The van der Waals surface area contributed by atoms with Crippen LogP contribution in [0.1, 0.15) is 13.8 Å². The molecule has 14 heavy (non-hydrogen) atoms. The molecule has 0 heterocycles. The van der Waals surface area contributed by atoms with Crippen molar-refractivity contribution in [1.29, 1.82) is 0 Å². The second kappa shape index (κ2) is 3.92. The second-order valence-corrected chi connectivity index (χ2v) is 3.59. The van der Waals surface area contributed by atoms with Crippen LogP contribution in [0.15, 0.2) is 18.2 Å². The number of aliphatic hydroxyl groups excluding tert-OH is 1. The summed E-state index contributed by atoms with van der Waals surface area (Å²) in [6.07, 6.45) is 0. The summed E-state index contributed by atoms with van der Waals surface area (Å²) in [6, 6.07) is 3.04. The van der Waals surface area contributed by atoms with Crippen LogP contribution in [0.4, 0.5) is 8.78 Å². The van der Waals surface area contributed by atoms with Crippen molar-refractivity contribution < 1.29 is 18.6 Å². The predicted molar refractivity (Wildman–Crippen MR) is 48.2 cm³/mol. The highest BCUT2D eigenvalue weighted by atomic mass is 19.1. The quantitative estimate of drug-likeness (QED) is 0.813. The van der Waals surface area contributed by atoms with Crippen LogP contribution in [-0.2, 0) is 0 Å². The maximum absolute atomic E-state index is 13.1. The van der Waals surface area contributed by atoms with Crippen LogP contribution < -0.4 is 4.74 Å². The fourth-order valence-corrected chi connectivity index (χ4v) is 0.888. The molecule has 0 bridgehead atoms. The van der Waals surface area contributed by atoms with Gasteiger partial charge in [0.1, 0.15) is 11.4 Å². The average Bonchev–Trinajstić information content (AvgIpc) is 2.10. The largest absolute Gasteiger partial charge is 0.482 e. The smallest absolute Gasteiger partial charge is 0.168 e. The lowest BCUT2D eigenvalue weighted by Crippen LogP contribution is -2.32. The minimum absolute atomic E-state index is 0.0644. The van der Waals surface area contributed by atoms with Crippen LogP contribution in [0.25, 0.3) is 0 Å². The lowest BCUT2D eigenvalue weighted by molar-refractivity contribution is 0.0378. The Morgan fingerprint density at radius 1 is 1.36 bits per heavy atom. The van der Waals surface area contributed by atoms with Crippen LogP contribution in [-0.4, -0.2) is 17.3 Å². The molecule has 0 aliphatic carbocycles. The molecular weight excluding hydrogens is 190 g/mol. The van der Waals surface area contributed by atoms with Gasteiger partial charge in [0.05, 0.1) is 6.61 Å². The first-order valence-electron chi connectivity index (χ1n) is 4.19. The molecule has 0 unspecified atom stereocenters. The summed E-state index contributed by atoms with van der Waals surface area (Å²) in [5, 5.41) is 8.88. The summed E-state index contributed by atoms with van der Waals surface area (Å²) in [5.41, 5.74) is -0.876. The van der Waals surface area contributed by atoms with Gasteiger partial charge in [-0.15, -0.1) is 0 Å². The number of benzene rings is 1. The molecule has 0 atom stereocenters. The monoisotopic (exact) mass is 202 g/mol. The van der Waals surface area contributed by atoms with E-state index in [1.807, 2.05) is 0 Å². The van der Waals surface area contributed by atoms with Gasteiger partial charge in [-0.1, -0.05) is 0 Å². The van der Waals surface area contributed by atoms with Crippen molar-refractivity contribution in [3.63, 3.8) is 0 Å². The number of hydrogen-bond donors (Lipinski definition) is 1. The molecule has 0 saturated carbocycles. The van der Waals surface area contributed by atoms with Crippen LogP contribution in [0, 0.1) is 11.6 Å².